The maximum Gasteiger partial charge on any atom is 0.407 e. The molecule has 3 N–H and O–H groups in total. The van der Waals surface area contributed by atoms with Crippen molar-refractivity contribution < 1.29 is 9.53 Å². The molecule has 0 unspecified atom stereocenters. The number of H-pyrrole nitrogens is 2. The minimum Gasteiger partial charge on any atom is -0.449 e. The summed E-state index contributed by atoms with van der Waals surface area (Å²) in [5.74, 6) is 5.95. The fourth-order valence-electron chi connectivity index (χ4n) is 4.28. The monoisotopic (exact) mass is 451 g/mol. The van der Waals surface area contributed by atoms with E-state index in [4.69, 9.17) is 4.74 Å². The van der Waals surface area contributed by atoms with Gasteiger partial charge >= 0.3 is 11.8 Å². The van der Waals surface area contributed by atoms with Crippen LogP contribution in [0.15, 0.2) is 76.3 Å². The van der Waals surface area contributed by atoms with Crippen LogP contribution in [0.1, 0.15) is 29.0 Å². The van der Waals surface area contributed by atoms with Gasteiger partial charge in [-0.15, -0.1) is 0 Å². The quantitative estimate of drug-likeness (QED) is 0.326. The van der Waals surface area contributed by atoms with Crippen molar-refractivity contribution in [1.29, 1.82) is 0 Å². The predicted molar refractivity (Wildman–Crippen MR) is 130 cm³/mol. The van der Waals surface area contributed by atoms with Gasteiger partial charge in [0.05, 0.1) is 10.9 Å². The first-order valence-corrected chi connectivity index (χ1v) is 10.9. The third kappa shape index (κ3) is 4.21. The molecule has 0 spiro atoms. The first-order valence-electron chi connectivity index (χ1n) is 10.9. The molecule has 7 heteroatoms. The molecule has 0 fully saturated rings. The highest BCUT2D eigenvalue weighted by atomic mass is 16.5. The van der Waals surface area contributed by atoms with Gasteiger partial charge in [-0.1, -0.05) is 60.4 Å². The molecule has 5 rings (SSSR count). The molecule has 0 atom stereocenters. The molecule has 1 aromatic heterocycles. The third-order valence-corrected chi connectivity index (χ3v) is 5.84. The third-order valence-electron chi connectivity index (χ3n) is 5.84. The number of hydrogen-bond acceptors (Lipinski definition) is 4. The number of alkyl carbamates (subject to hydrolysis) is 1. The van der Waals surface area contributed by atoms with Gasteiger partial charge in [-0.05, 0) is 40.5 Å². The Labute approximate surface area is 194 Å². The van der Waals surface area contributed by atoms with Gasteiger partial charge in [-0.2, -0.15) is 0 Å². The van der Waals surface area contributed by atoms with Crippen LogP contribution in [0, 0.1) is 11.8 Å². The Morgan fingerprint density at radius 3 is 2.38 bits per heavy atom. The van der Waals surface area contributed by atoms with Crippen molar-refractivity contribution in [2.24, 2.45) is 0 Å². The summed E-state index contributed by atoms with van der Waals surface area (Å²) in [5.41, 5.74) is 4.80. The highest BCUT2D eigenvalue weighted by Gasteiger charge is 2.28. The number of ether oxygens (including phenoxy) is 1. The van der Waals surface area contributed by atoms with Crippen LogP contribution in [0.25, 0.3) is 22.0 Å². The Hall–Kier alpha value is -4.57. The first-order chi connectivity index (χ1) is 16.6. The van der Waals surface area contributed by atoms with Crippen LogP contribution in [0.4, 0.5) is 4.79 Å². The van der Waals surface area contributed by atoms with E-state index in [1.165, 1.54) is 22.3 Å². The Morgan fingerprint density at radius 1 is 0.941 bits per heavy atom. The number of nitrogens with one attached hydrogen (secondary N) is 3. The molecule has 0 saturated heterocycles. The highest BCUT2D eigenvalue weighted by molar-refractivity contribution is 5.79. The molecule has 0 saturated carbocycles. The van der Waals surface area contributed by atoms with Gasteiger partial charge in [-0.3, -0.25) is 9.78 Å². The summed E-state index contributed by atoms with van der Waals surface area (Å²) >= 11 is 0. The van der Waals surface area contributed by atoms with Gasteiger partial charge in [-0.25, -0.2) is 9.59 Å². The molecule has 0 bridgehead atoms. The number of carbonyl (C=O) groups is 1. The zero-order chi connectivity index (χ0) is 23.5. The number of hydrogen-bond donors (Lipinski definition) is 3. The molecule has 4 aromatic rings. The van der Waals surface area contributed by atoms with Crippen LogP contribution in [-0.2, 0) is 4.74 Å². The second-order valence-electron chi connectivity index (χ2n) is 7.97. The van der Waals surface area contributed by atoms with Crippen molar-refractivity contribution in [3.63, 3.8) is 0 Å². The maximum atomic E-state index is 12.2. The lowest BCUT2D eigenvalue weighted by atomic mass is 9.98. The van der Waals surface area contributed by atoms with E-state index < -0.39 is 17.3 Å². The average molecular weight is 451 g/mol. The lowest BCUT2D eigenvalue weighted by Crippen LogP contribution is -2.26. The molecule has 3 aromatic carbocycles. The number of carbonyl (C=O) groups excluding carboxylic acids is 1. The molecule has 0 aliphatic heterocycles. The van der Waals surface area contributed by atoms with E-state index in [2.05, 4.69) is 51.4 Å². The average Bonchev–Trinajstić information content (AvgIpc) is 3.16. The van der Waals surface area contributed by atoms with E-state index in [9.17, 15) is 14.4 Å². The first kappa shape index (κ1) is 21.3. The molecule has 7 nitrogen and oxygen atoms in total. The number of rotatable bonds is 4. The Morgan fingerprint density at radius 2 is 1.65 bits per heavy atom. The lowest BCUT2D eigenvalue weighted by Gasteiger charge is -2.14. The molecule has 1 heterocycles. The van der Waals surface area contributed by atoms with Crippen LogP contribution >= 0.6 is 0 Å². The van der Waals surface area contributed by atoms with Crippen LogP contribution in [0.5, 0.6) is 0 Å². The zero-order valence-electron chi connectivity index (χ0n) is 18.2. The predicted octanol–water partition coefficient (Wildman–Crippen LogP) is 3.50. The number of fused-ring (bicyclic) bond motifs is 4. The van der Waals surface area contributed by atoms with Crippen LogP contribution in [0.3, 0.4) is 0 Å². The second-order valence-corrected chi connectivity index (χ2v) is 7.97. The summed E-state index contributed by atoms with van der Waals surface area (Å²) in [5, 5.41) is 3.09. The SMILES string of the molecule is O=C(NCCC#Cc1ccc2[nH]c(=O)[nH]c(=O)c2c1)OCC1c2ccccc2-c2ccccc21. The van der Waals surface area contributed by atoms with Crippen molar-refractivity contribution in [3.8, 4) is 23.0 Å². The van der Waals surface area contributed by atoms with E-state index in [0.29, 0.717) is 29.4 Å². The maximum absolute atomic E-state index is 12.2. The number of aromatic nitrogens is 2. The second kappa shape index (κ2) is 9.12. The summed E-state index contributed by atoms with van der Waals surface area (Å²) in [4.78, 5) is 40.2. The molecular weight excluding hydrogens is 430 g/mol. The molecule has 0 radical (unpaired) electrons. The van der Waals surface area contributed by atoms with E-state index in [-0.39, 0.29) is 12.5 Å². The lowest BCUT2D eigenvalue weighted by molar-refractivity contribution is 0.143. The van der Waals surface area contributed by atoms with Crippen LogP contribution < -0.4 is 16.6 Å². The summed E-state index contributed by atoms with van der Waals surface area (Å²) < 4.78 is 5.51. The normalized spacial score (nSPS) is 11.9. The molecule has 34 heavy (non-hydrogen) atoms. The molecule has 1 aliphatic rings. The van der Waals surface area contributed by atoms with E-state index >= 15 is 0 Å². The molecule has 1 aliphatic carbocycles. The summed E-state index contributed by atoms with van der Waals surface area (Å²) in [6, 6.07) is 21.4. The van der Waals surface area contributed by atoms with Crippen molar-refractivity contribution >= 4 is 17.0 Å². The van der Waals surface area contributed by atoms with Gasteiger partial charge in [0.2, 0.25) is 0 Å². The minimum atomic E-state index is -0.546. The smallest absolute Gasteiger partial charge is 0.407 e. The molecular formula is C27H21N3O4. The van der Waals surface area contributed by atoms with Gasteiger partial charge in [0.1, 0.15) is 6.61 Å². The topological polar surface area (TPSA) is 104 Å². The van der Waals surface area contributed by atoms with E-state index in [1.54, 1.807) is 18.2 Å². The van der Waals surface area contributed by atoms with Gasteiger partial charge in [0.15, 0.2) is 0 Å². The number of benzene rings is 3. The largest absolute Gasteiger partial charge is 0.449 e. The van der Waals surface area contributed by atoms with Crippen molar-refractivity contribution in [2.45, 2.75) is 12.3 Å². The fourth-order valence-corrected chi connectivity index (χ4v) is 4.28. The van der Waals surface area contributed by atoms with Crippen molar-refractivity contribution in [2.75, 3.05) is 13.2 Å². The number of aromatic amines is 2. The summed E-state index contributed by atoms with van der Waals surface area (Å²) in [6.07, 6.45) is -0.0608. The van der Waals surface area contributed by atoms with Gasteiger partial charge in [0, 0.05) is 24.4 Å². The Kier molecular flexibility index (Phi) is 5.71. The molecule has 1 amide bonds. The summed E-state index contributed by atoms with van der Waals surface area (Å²) in [7, 11) is 0. The fraction of sp³-hybridized carbons (Fsp3) is 0.148. The zero-order valence-corrected chi connectivity index (χ0v) is 18.2. The van der Waals surface area contributed by atoms with Gasteiger partial charge in [0.25, 0.3) is 5.56 Å². The number of amides is 1. The van der Waals surface area contributed by atoms with Gasteiger partial charge < -0.3 is 15.0 Å². The standard InChI is InChI=1S/C27H21N3O4/c31-25-22-15-17(12-13-24(22)29-26(32)30-25)7-5-6-14-28-27(33)34-16-23-20-10-3-1-8-18(20)19-9-2-4-11-21(19)23/h1-4,8-13,15,23H,6,14,16H2,(H,28,33)(H2,29,30,31,32). The summed E-state index contributed by atoms with van der Waals surface area (Å²) in [6.45, 7) is 0.602. The minimum absolute atomic E-state index is 0.0175. The molecule has 168 valence electrons. The van der Waals surface area contributed by atoms with Crippen LogP contribution in [0.2, 0.25) is 0 Å². The van der Waals surface area contributed by atoms with Crippen molar-refractivity contribution in [1.82, 2.24) is 15.3 Å². The van der Waals surface area contributed by atoms with E-state index in [0.717, 1.165) is 0 Å². The Bertz CT molecular complexity index is 1530. The van der Waals surface area contributed by atoms with Crippen LogP contribution in [-0.4, -0.2) is 29.2 Å². The van der Waals surface area contributed by atoms with Crippen molar-refractivity contribution in [3.05, 3.63) is 104 Å². The van der Waals surface area contributed by atoms with E-state index in [1.807, 2.05) is 24.3 Å². The highest BCUT2D eigenvalue weighted by Crippen LogP contribution is 2.44. The Balaban J connectivity index is 1.15.